The quantitative estimate of drug-likeness (QED) is 0.932. The van der Waals surface area contributed by atoms with Crippen LogP contribution in [0.2, 0.25) is 0 Å². The number of likely N-dealkylation sites (tertiary alicyclic amines) is 1. The number of hydrogen-bond donors (Lipinski definition) is 1. The summed E-state index contributed by atoms with van der Waals surface area (Å²) in [4.78, 5) is 26.8. The Morgan fingerprint density at radius 3 is 2.52 bits per heavy atom. The normalized spacial score (nSPS) is 20.4. The minimum absolute atomic E-state index is 0.0106. The van der Waals surface area contributed by atoms with Crippen LogP contribution >= 0.6 is 0 Å². The molecule has 3 rings (SSSR count). The van der Waals surface area contributed by atoms with Crippen molar-refractivity contribution >= 4 is 11.8 Å². The van der Waals surface area contributed by atoms with E-state index in [0.29, 0.717) is 19.4 Å². The molecular formula is C21H24N2O2. The Bertz CT molecular complexity index is 758. The molecular weight excluding hydrogens is 312 g/mol. The van der Waals surface area contributed by atoms with Gasteiger partial charge in [-0.25, -0.2) is 0 Å². The second kappa shape index (κ2) is 7.51. The zero-order chi connectivity index (χ0) is 17.8. The molecule has 1 heterocycles. The van der Waals surface area contributed by atoms with Crippen LogP contribution in [0.5, 0.6) is 0 Å². The second-order valence-electron chi connectivity index (χ2n) is 6.65. The maximum absolute atomic E-state index is 12.9. The van der Waals surface area contributed by atoms with E-state index in [0.717, 1.165) is 11.1 Å². The molecule has 130 valence electrons. The van der Waals surface area contributed by atoms with Gasteiger partial charge in [0, 0.05) is 20.0 Å². The van der Waals surface area contributed by atoms with E-state index in [-0.39, 0.29) is 23.8 Å². The third kappa shape index (κ3) is 3.73. The molecule has 0 saturated carbocycles. The number of carbonyl (C=O) groups is 2. The van der Waals surface area contributed by atoms with Crippen LogP contribution in [0.3, 0.4) is 0 Å². The van der Waals surface area contributed by atoms with E-state index in [4.69, 9.17) is 0 Å². The number of nitrogens with zero attached hydrogens (tertiary/aromatic N) is 1. The van der Waals surface area contributed by atoms with Crippen LogP contribution in [-0.2, 0) is 16.1 Å². The standard InChI is InChI=1S/C21H24N2O2/c1-15-8-6-7-11-17(15)14-22-21(25)18-12-13-19(24)23(2)20(18)16-9-4-3-5-10-16/h3-11,18,20H,12-14H2,1-2H3,(H,22,25). The number of carbonyl (C=O) groups excluding carboxylic acids is 2. The van der Waals surface area contributed by atoms with Crippen LogP contribution < -0.4 is 5.32 Å². The number of aryl methyl sites for hydroxylation is 1. The lowest BCUT2D eigenvalue weighted by atomic mass is 9.84. The molecule has 2 atom stereocenters. The van der Waals surface area contributed by atoms with E-state index in [1.54, 1.807) is 11.9 Å². The third-order valence-corrected chi connectivity index (χ3v) is 5.05. The van der Waals surface area contributed by atoms with E-state index in [1.807, 2.05) is 61.5 Å². The van der Waals surface area contributed by atoms with E-state index >= 15 is 0 Å². The fourth-order valence-electron chi connectivity index (χ4n) is 3.54. The Morgan fingerprint density at radius 1 is 1.12 bits per heavy atom. The van der Waals surface area contributed by atoms with Crippen molar-refractivity contribution in [3.8, 4) is 0 Å². The van der Waals surface area contributed by atoms with Crippen LogP contribution in [0, 0.1) is 12.8 Å². The van der Waals surface area contributed by atoms with E-state index in [1.165, 1.54) is 5.56 Å². The summed E-state index contributed by atoms with van der Waals surface area (Å²) in [5.41, 5.74) is 3.29. The first kappa shape index (κ1) is 17.2. The molecule has 0 aromatic heterocycles. The number of piperidine rings is 1. The number of nitrogens with one attached hydrogen (secondary N) is 1. The monoisotopic (exact) mass is 336 g/mol. The van der Waals surface area contributed by atoms with Gasteiger partial charge < -0.3 is 10.2 Å². The molecule has 0 spiro atoms. The highest BCUT2D eigenvalue weighted by Crippen LogP contribution is 2.35. The zero-order valence-corrected chi connectivity index (χ0v) is 14.7. The van der Waals surface area contributed by atoms with Crippen molar-refractivity contribution in [2.45, 2.75) is 32.4 Å². The number of hydrogen-bond acceptors (Lipinski definition) is 2. The lowest BCUT2D eigenvalue weighted by molar-refractivity contribution is -0.141. The van der Waals surface area contributed by atoms with Crippen LogP contribution in [0.4, 0.5) is 0 Å². The maximum atomic E-state index is 12.9. The molecule has 1 N–H and O–H groups in total. The van der Waals surface area contributed by atoms with Crippen molar-refractivity contribution < 1.29 is 9.59 Å². The lowest BCUT2D eigenvalue weighted by Gasteiger charge is -2.38. The summed E-state index contributed by atoms with van der Waals surface area (Å²) in [6.45, 7) is 2.56. The van der Waals surface area contributed by atoms with Crippen LogP contribution in [0.15, 0.2) is 54.6 Å². The second-order valence-corrected chi connectivity index (χ2v) is 6.65. The minimum Gasteiger partial charge on any atom is -0.352 e. The Morgan fingerprint density at radius 2 is 1.80 bits per heavy atom. The molecule has 1 saturated heterocycles. The largest absolute Gasteiger partial charge is 0.352 e. The van der Waals surface area contributed by atoms with Crippen molar-refractivity contribution in [2.75, 3.05) is 7.05 Å². The SMILES string of the molecule is Cc1ccccc1CNC(=O)C1CCC(=O)N(C)C1c1ccccc1. The van der Waals surface area contributed by atoms with Crippen LogP contribution in [-0.4, -0.2) is 23.8 Å². The van der Waals surface area contributed by atoms with Gasteiger partial charge in [-0.15, -0.1) is 0 Å². The highest BCUT2D eigenvalue weighted by Gasteiger charge is 2.38. The molecule has 2 amide bonds. The number of benzene rings is 2. The minimum atomic E-state index is -0.228. The molecule has 4 heteroatoms. The molecule has 1 fully saturated rings. The molecule has 0 aliphatic carbocycles. The molecule has 4 nitrogen and oxygen atoms in total. The topological polar surface area (TPSA) is 49.4 Å². The fourth-order valence-corrected chi connectivity index (χ4v) is 3.54. The van der Waals surface area contributed by atoms with E-state index in [2.05, 4.69) is 5.32 Å². The molecule has 2 aromatic rings. The summed E-state index contributed by atoms with van der Waals surface area (Å²) in [5, 5.41) is 3.07. The molecule has 2 unspecified atom stereocenters. The van der Waals surface area contributed by atoms with Gasteiger partial charge in [0.05, 0.1) is 12.0 Å². The highest BCUT2D eigenvalue weighted by molar-refractivity contribution is 5.84. The molecule has 1 aliphatic rings. The third-order valence-electron chi connectivity index (χ3n) is 5.05. The van der Waals surface area contributed by atoms with Crippen molar-refractivity contribution in [3.05, 3.63) is 71.3 Å². The van der Waals surface area contributed by atoms with Gasteiger partial charge in [-0.2, -0.15) is 0 Å². The number of rotatable bonds is 4. The van der Waals surface area contributed by atoms with Crippen molar-refractivity contribution in [1.82, 2.24) is 10.2 Å². The summed E-state index contributed by atoms with van der Waals surface area (Å²) in [5.74, 6) is -0.123. The Kier molecular flexibility index (Phi) is 5.17. The van der Waals surface area contributed by atoms with Gasteiger partial charge in [0.1, 0.15) is 0 Å². The van der Waals surface area contributed by atoms with E-state index in [9.17, 15) is 9.59 Å². The maximum Gasteiger partial charge on any atom is 0.225 e. The van der Waals surface area contributed by atoms with Gasteiger partial charge in [-0.3, -0.25) is 9.59 Å². The van der Waals surface area contributed by atoms with E-state index < -0.39 is 0 Å². The van der Waals surface area contributed by atoms with Crippen molar-refractivity contribution in [3.63, 3.8) is 0 Å². The first-order chi connectivity index (χ1) is 12.1. The van der Waals surface area contributed by atoms with Gasteiger partial charge in [0.15, 0.2) is 0 Å². The zero-order valence-electron chi connectivity index (χ0n) is 14.7. The van der Waals surface area contributed by atoms with Gasteiger partial charge in [0.25, 0.3) is 0 Å². The summed E-state index contributed by atoms with van der Waals surface area (Å²) in [7, 11) is 1.79. The van der Waals surface area contributed by atoms with Gasteiger partial charge in [-0.05, 0) is 30.0 Å². The first-order valence-corrected chi connectivity index (χ1v) is 8.70. The summed E-state index contributed by atoms with van der Waals surface area (Å²) >= 11 is 0. The fraction of sp³-hybridized carbons (Fsp3) is 0.333. The summed E-state index contributed by atoms with van der Waals surface area (Å²) < 4.78 is 0. The van der Waals surface area contributed by atoms with Gasteiger partial charge in [-0.1, -0.05) is 54.6 Å². The smallest absolute Gasteiger partial charge is 0.225 e. The Hall–Kier alpha value is -2.62. The molecule has 0 radical (unpaired) electrons. The lowest BCUT2D eigenvalue weighted by Crippen LogP contribution is -2.46. The Labute approximate surface area is 148 Å². The average Bonchev–Trinajstić information content (AvgIpc) is 2.63. The predicted molar refractivity (Wildman–Crippen MR) is 97.7 cm³/mol. The van der Waals surface area contributed by atoms with Gasteiger partial charge >= 0.3 is 0 Å². The van der Waals surface area contributed by atoms with Crippen molar-refractivity contribution in [1.29, 1.82) is 0 Å². The van der Waals surface area contributed by atoms with Crippen molar-refractivity contribution in [2.24, 2.45) is 5.92 Å². The molecule has 0 bridgehead atoms. The average molecular weight is 336 g/mol. The number of amides is 2. The van der Waals surface area contributed by atoms with Crippen LogP contribution in [0.25, 0.3) is 0 Å². The molecule has 1 aliphatic heterocycles. The van der Waals surface area contributed by atoms with Crippen LogP contribution in [0.1, 0.15) is 35.6 Å². The van der Waals surface area contributed by atoms with Gasteiger partial charge in [0.2, 0.25) is 11.8 Å². The Balaban J connectivity index is 1.77. The highest BCUT2D eigenvalue weighted by atomic mass is 16.2. The predicted octanol–water partition coefficient (Wildman–Crippen LogP) is 3.22. The summed E-state index contributed by atoms with van der Waals surface area (Å²) in [6, 6.07) is 17.7. The first-order valence-electron chi connectivity index (χ1n) is 8.70. The molecule has 2 aromatic carbocycles. The molecule has 25 heavy (non-hydrogen) atoms. The summed E-state index contributed by atoms with van der Waals surface area (Å²) in [6.07, 6.45) is 1.00.